The Bertz CT molecular complexity index is 475. The highest BCUT2D eigenvalue weighted by atomic mass is 16.5. The average molecular weight is 275 g/mol. The van der Waals surface area contributed by atoms with Crippen molar-refractivity contribution in [3.05, 3.63) is 29.8 Å². The molecular weight excluding hydrogens is 254 g/mol. The number of esters is 1. The Morgan fingerprint density at radius 2 is 1.80 bits per heavy atom. The lowest BCUT2D eigenvalue weighted by molar-refractivity contribution is -0.120. The number of methoxy groups -OCH3 is 1. The summed E-state index contributed by atoms with van der Waals surface area (Å²) in [5.74, 6) is 0.229. The molecule has 0 saturated heterocycles. The van der Waals surface area contributed by atoms with Crippen LogP contribution in [0.3, 0.4) is 0 Å². The van der Waals surface area contributed by atoms with Crippen molar-refractivity contribution in [2.24, 2.45) is 11.8 Å². The minimum absolute atomic E-state index is 0.0396. The molecule has 1 aromatic rings. The van der Waals surface area contributed by atoms with E-state index < -0.39 is 0 Å². The lowest BCUT2D eigenvalue weighted by Crippen LogP contribution is -2.25. The van der Waals surface area contributed by atoms with E-state index >= 15 is 0 Å². The molecule has 2 rings (SSSR count). The van der Waals surface area contributed by atoms with Gasteiger partial charge in [-0.25, -0.2) is 4.79 Å². The minimum atomic E-state index is -0.373. The van der Waals surface area contributed by atoms with Crippen LogP contribution in [0.25, 0.3) is 0 Å². The van der Waals surface area contributed by atoms with Crippen molar-refractivity contribution >= 4 is 17.6 Å². The summed E-state index contributed by atoms with van der Waals surface area (Å²) in [4.78, 5) is 23.5. The van der Waals surface area contributed by atoms with Crippen LogP contribution in [0.5, 0.6) is 0 Å². The fourth-order valence-corrected chi connectivity index (χ4v) is 2.74. The maximum atomic E-state index is 12.2. The highest BCUT2D eigenvalue weighted by molar-refractivity contribution is 5.94. The van der Waals surface area contributed by atoms with Gasteiger partial charge in [0.2, 0.25) is 5.91 Å². The molecule has 1 atom stereocenters. The summed E-state index contributed by atoms with van der Waals surface area (Å²) in [6.07, 6.45) is 4.76. The zero-order valence-corrected chi connectivity index (χ0v) is 12.0. The highest BCUT2D eigenvalue weighted by Gasteiger charge is 2.26. The Labute approximate surface area is 119 Å². The fourth-order valence-electron chi connectivity index (χ4n) is 2.74. The molecule has 1 aromatic carbocycles. The molecule has 0 spiro atoms. The van der Waals surface area contributed by atoms with Crippen molar-refractivity contribution in [2.75, 3.05) is 12.4 Å². The topological polar surface area (TPSA) is 55.4 Å². The van der Waals surface area contributed by atoms with Gasteiger partial charge in [0.1, 0.15) is 0 Å². The maximum Gasteiger partial charge on any atom is 0.337 e. The van der Waals surface area contributed by atoms with Crippen LogP contribution in [-0.2, 0) is 9.53 Å². The summed E-state index contributed by atoms with van der Waals surface area (Å²) >= 11 is 0. The molecule has 20 heavy (non-hydrogen) atoms. The first-order chi connectivity index (χ1) is 9.61. The average Bonchev–Trinajstić information content (AvgIpc) is 3.00. The van der Waals surface area contributed by atoms with Crippen LogP contribution in [-0.4, -0.2) is 19.0 Å². The van der Waals surface area contributed by atoms with Gasteiger partial charge >= 0.3 is 5.97 Å². The molecule has 1 aliphatic rings. The lowest BCUT2D eigenvalue weighted by Gasteiger charge is -2.18. The molecule has 0 bridgehead atoms. The van der Waals surface area contributed by atoms with Crippen LogP contribution in [0.2, 0.25) is 0 Å². The van der Waals surface area contributed by atoms with Gasteiger partial charge in [-0.15, -0.1) is 0 Å². The third kappa shape index (κ3) is 3.38. The first-order valence-electron chi connectivity index (χ1n) is 7.11. The summed E-state index contributed by atoms with van der Waals surface area (Å²) in [7, 11) is 1.35. The van der Waals surface area contributed by atoms with Crippen molar-refractivity contribution < 1.29 is 14.3 Å². The second-order valence-corrected chi connectivity index (χ2v) is 5.39. The molecule has 1 amide bonds. The molecule has 0 aliphatic heterocycles. The van der Waals surface area contributed by atoms with Gasteiger partial charge in [0.15, 0.2) is 0 Å². The number of hydrogen-bond donors (Lipinski definition) is 1. The molecule has 1 N–H and O–H groups in total. The third-order valence-electron chi connectivity index (χ3n) is 4.09. The molecule has 1 unspecified atom stereocenters. The molecular formula is C16H21NO3. The van der Waals surface area contributed by atoms with E-state index in [4.69, 9.17) is 0 Å². The predicted molar refractivity (Wildman–Crippen MR) is 77.5 cm³/mol. The molecule has 0 radical (unpaired) electrons. The van der Waals surface area contributed by atoms with Crippen LogP contribution in [0, 0.1) is 11.8 Å². The largest absolute Gasteiger partial charge is 0.465 e. The normalized spacial score (nSPS) is 16.7. The van der Waals surface area contributed by atoms with Gasteiger partial charge in [-0.2, -0.15) is 0 Å². The maximum absolute atomic E-state index is 12.2. The summed E-state index contributed by atoms with van der Waals surface area (Å²) in [5, 5.41) is 2.91. The number of benzene rings is 1. The van der Waals surface area contributed by atoms with Crippen molar-refractivity contribution in [3.63, 3.8) is 0 Å². The quantitative estimate of drug-likeness (QED) is 0.858. The number of amides is 1. The van der Waals surface area contributed by atoms with Crippen LogP contribution >= 0.6 is 0 Å². The highest BCUT2D eigenvalue weighted by Crippen LogP contribution is 2.31. The van der Waals surface area contributed by atoms with E-state index in [9.17, 15) is 9.59 Å². The number of ether oxygens (including phenoxy) is 1. The number of rotatable bonds is 4. The molecule has 0 aromatic heterocycles. The van der Waals surface area contributed by atoms with Gasteiger partial charge in [-0.1, -0.05) is 19.8 Å². The van der Waals surface area contributed by atoms with Crippen molar-refractivity contribution in [1.82, 2.24) is 0 Å². The van der Waals surface area contributed by atoms with Crippen molar-refractivity contribution in [3.8, 4) is 0 Å². The van der Waals surface area contributed by atoms with Crippen LogP contribution in [0.1, 0.15) is 43.0 Å². The first-order valence-corrected chi connectivity index (χ1v) is 7.11. The number of carbonyl (C=O) groups is 2. The molecule has 1 fully saturated rings. The third-order valence-corrected chi connectivity index (χ3v) is 4.09. The number of carbonyl (C=O) groups excluding carboxylic acids is 2. The summed E-state index contributed by atoms with van der Waals surface area (Å²) in [5.41, 5.74) is 1.20. The van der Waals surface area contributed by atoms with E-state index in [2.05, 4.69) is 10.1 Å². The smallest absolute Gasteiger partial charge is 0.337 e. The van der Waals surface area contributed by atoms with Crippen molar-refractivity contribution in [2.45, 2.75) is 32.6 Å². The van der Waals surface area contributed by atoms with E-state index in [0.717, 1.165) is 12.8 Å². The molecule has 0 heterocycles. The Hall–Kier alpha value is -1.84. The molecule has 4 nitrogen and oxygen atoms in total. The SMILES string of the molecule is COC(=O)c1ccc(NC(=O)C(C)C2CCCC2)cc1. The zero-order chi connectivity index (χ0) is 14.5. The standard InChI is InChI=1S/C16H21NO3/c1-11(12-5-3-4-6-12)15(18)17-14-9-7-13(8-10-14)16(19)20-2/h7-12H,3-6H2,1-2H3,(H,17,18). The van der Waals surface area contributed by atoms with E-state index in [1.54, 1.807) is 24.3 Å². The molecule has 4 heteroatoms. The monoisotopic (exact) mass is 275 g/mol. The second kappa shape index (κ2) is 6.55. The van der Waals surface area contributed by atoms with Gasteiger partial charge in [0.05, 0.1) is 12.7 Å². The lowest BCUT2D eigenvalue weighted by atomic mass is 9.92. The minimum Gasteiger partial charge on any atom is -0.465 e. The van der Waals surface area contributed by atoms with E-state index in [0.29, 0.717) is 17.2 Å². The summed E-state index contributed by atoms with van der Waals surface area (Å²) in [6.45, 7) is 1.99. The second-order valence-electron chi connectivity index (χ2n) is 5.39. The van der Waals surface area contributed by atoms with Crippen LogP contribution in [0.4, 0.5) is 5.69 Å². The summed E-state index contributed by atoms with van der Waals surface area (Å²) in [6, 6.07) is 6.76. The fraction of sp³-hybridized carbons (Fsp3) is 0.500. The van der Waals surface area contributed by atoms with Crippen molar-refractivity contribution in [1.29, 1.82) is 0 Å². The molecule has 1 saturated carbocycles. The predicted octanol–water partition coefficient (Wildman–Crippen LogP) is 3.24. The van der Waals surface area contributed by atoms with Gasteiger partial charge < -0.3 is 10.1 Å². The van der Waals surface area contributed by atoms with Gasteiger partial charge in [-0.3, -0.25) is 4.79 Å². The Balaban J connectivity index is 1.95. The number of nitrogens with one attached hydrogen (secondary N) is 1. The Morgan fingerprint density at radius 1 is 1.20 bits per heavy atom. The van der Waals surface area contributed by atoms with Gasteiger partial charge in [-0.05, 0) is 43.0 Å². The zero-order valence-electron chi connectivity index (χ0n) is 12.0. The number of hydrogen-bond acceptors (Lipinski definition) is 3. The van der Waals surface area contributed by atoms with Crippen LogP contribution in [0.15, 0.2) is 24.3 Å². The van der Waals surface area contributed by atoms with Gasteiger partial charge in [0.25, 0.3) is 0 Å². The van der Waals surface area contributed by atoms with E-state index in [1.165, 1.54) is 20.0 Å². The summed E-state index contributed by atoms with van der Waals surface area (Å²) < 4.78 is 4.64. The first kappa shape index (κ1) is 14.6. The molecule has 108 valence electrons. The number of anilines is 1. The Kier molecular flexibility index (Phi) is 4.77. The van der Waals surface area contributed by atoms with E-state index in [-0.39, 0.29) is 17.8 Å². The Morgan fingerprint density at radius 3 is 2.35 bits per heavy atom. The van der Waals surface area contributed by atoms with E-state index in [1.807, 2.05) is 6.92 Å². The molecule has 1 aliphatic carbocycles. The van der Waals surface area contributed by atoms with Crippen LogP contribution < -0.4 is 5.32 Å². The van der Waals surface area contributed by atoms with Gasteiger partial charge in [0, 0.05) is 11.6 Å².